The Labute approximate surface area is 190 Å². The van der Waals surface area contributed by atoms with Crippen molar-refractivity contribution in [3.63, 3.8) is 0 Å². The van der Waals surface area contributed by atoms with Crippen LogP contribution in [0.25, 0.3) is 0 Å². The van der Waals surface area contributed by atoms with Crippen molar-refractivity contribution in [1.82, 2.24) is 0 Å². The average Bonchev–Trinajstić information content (AvgIpc) is 2.54. The molecule has 26 heavy (non-hydrogen) atoms. The van der Waals surface area contributed by atoms with Crippen LogP contribution in [0.2, 0.25) is 0 Å². The van der Waals surface area contributed by atoms with Gasteiger partial charge in [0.1, 0.15) is 0 Å². The first-order valence-electron chi connectivity index (χ1n) is 7.68. The second-order valence-electron chi connectivity index (χ2n) is 5.69. The summed E-state index contributed by atoms with van der Waals surface area (Å²) in [6.45, 7) is -5.60. The van der Waals surface area contributed by atoms with E-state index in [0.717, 1.165) is 29.8 Å². The SMILES string of the molecule is F[B-](F)(F)C(CCc1ccccc1)OCc1ccc(C(F)(F)F)cc1.[K+]. The molecule has 1 atom stereocenters. The summed E-state index contributed by atoms with van der Waals surface area (Å²) in [5, 5.41) is 0. The predicted molar refractivity (Wildman–Crippen MR) is 83.9 cm³/mol. The van der Waals surface area contributed by atoms with Crippen LogP contribution < -0.4 is 51.4 Å². The van der Waals surface area contributed by atoms with Gasteiger partial charge in [-0.05, 0) is 36.1 Å². The first-order chi connectivity index (χ1) is 11.7. The predicted octanol–water partition coefficient (Wildman–Crippen LogP) is 2.61. The molecule has 0 amide bonds. The Bertz CT molecular complexity index is 658. The number of hydrogen-bond acceptors (Lipinski definition) is 1. The topological polar surface area (TPSA) is 9.23 Å². The van der Waals surface area contributed by atoms with E-state index in [1.165, 1.54) is 0 Å². The molecule has 2 aromatic carbocycles. The molecule has 136 valence electrons. The van der Waals surface area contributed by atoms with E-state index in [1.54, 1.807) is 30.3 Å². The molecule has 1 unspecified atom stereocenters. The molecule has 0 saturated carbocycles. The number of benzene rings is 2. The molecule has 0 saturated heterocycles. The molecular formula is C17H16BF6KO. The number of aryl methyl sites for hydroxylation is 1. The number of ether oxygens (including phenoxy) is 1. The van der Waals surface area contributed by atoms with Crippen LogP contribution in [0.5, 0.6) is 0 Å². The number of rotatable bonds is 7. The third kappa shape index (κ3) is 7.74. The maximum atomic E-state index is 13.1. The molecule has 0 aliphatic rings. The molecule has 0 heterocycles. The van der Waals surface area contributed by atoms with Gasteiger partial charge in [0.25, 0.3) is 0 Å². The second-order valence-corrected chi connectivity index (χ2v) is 5.69. The van der Waals surface area contributed by atoms with Crippen LogP contribution >= 0.6 is 0 Å². The molecule has 0 aromatic heterocycles. The average molecular weight is 400 g/mol. The molecule has 0 fully saturated rings. The molecular weight excluding hydrogens is 384 g/mol. The van der Waals surface area contributed by atoms with E-state index in [-0.39, 0.29) is 69.8 Å². The van der Waals surface area contributed by atoms with Crippen LogP contribution in [-0.4, -0.2) is 13.0 Å². The van der Waals surface area contributed by atoms with Gasteiger partial charge in [-0.2, -0.15) is 13.2 Å². The minimum atomic E-state index is -5.21. The Morgan fingerprint density at radius 1 is 0.846 bits per heavy atom. The second kappa shape index (κ2) is 10.3. The van der Waals surface area contributed by atoms with E-state index in [4.69, 9.17) is 4.74 Å². The van der Waals surface area contributed by atoms with Crippen LogP contribution in [0.1, 0.15) is 23.1 Å². The molecule has 0 aliphatic heterocycles. The van der Waals surface area contributed by atoms with E-state index < -0.39 is 31.3 Å². The number of alkyl halides is 3. The fraction of sp³-hybridized carbons (Fsp3) is 0.294. The molecule has 0 radical (unpaired) electrons. The molecule has 2 rings (SSSR count). The molecule has 1 nitrogen and oxygen atoms in total. The van der Waals surface area contributed by atoms with Gasteiger partial charge in [-0.25, -0.2) is 0 Å². The van der Waals surface area contributed by atoms with Gasteiger partial charge in [-0.15, -0.1) is 0 Å². The van der Waals surface area contributed by atoms with Gasteiger partial charge in [0.15, 0.2) is 0 Å². The smallest absolute Gasteiger partial charge is 0.447 e. The van der Waals surface area contributed by atoms with Gasteiger partial charge >= 0.3 is 64.5 Å². The zero-order chi connectivity index (χ0) is 18.5. The summed E-state index contributed by atoms with van der Waals surface area (Å²) >= 11 is 0. The molecule has 0 N–H and O–H groups in total. The van der Waals surface area contributed by atoms with Crippen molar-refractivity contribution in [2.75, 3.05) is 0 Å². The van der Waals surface area contributed by atoms with Crippen molar-refractivity contribution in [2.45, 2.75) is 31.6 Å². The van der Waals surface area contributed by atoms with E-state index in [1.807, 2.05) is 0 Å². The maximum Gasteiger partial charge on any atom is 1.00 e. The number of halogens is 6. The fourth-order valence-corrected chi connectivity index (χ4v) is 2.33. The summed E-state index contributed by atoms with van der Waals surface area (Å²) < 4.78 is 81.8. The third-order valence-corrected chi connectivity index (χ3v) is 3.73. The Morgan fingerprint density at radius 2 is 1.42 bits per heavy atom. The normalized spacial score (nSPS) is 13.2. The van der Waals surface area contributed by atoms with Crippen molar-refractivity contribution in [3.8, 4) is 0 Å². The molecule has 9 heteroatoms. The van der Waals surface area contributed by atoms with Gasteiger partial charge in [0.2, 0.25) is 0 Å². The maximum absolute atomic E-state index is 13.1. The Morgan fingerprint density at radius 3 is 1.92 bits per heavy atom. The van der Waals surface area contributed by atoms with Gasteiger partial charge in [0.05, 0.1) is 12.2 Å². The van der Waals surface area contributed by atoms with Gasteiger partial charge < -0.3 is 17.7 Å². The fourth-order valence-electron chi connectivity index (χ4n) is 2.33. The van der Waals surface area contributed by atoms with Gasteiger partial charge in [-0.1, -0.05) is 42.5 Å². The van der Waals surface area contributed by atoms with Crippen LogP contribution in [0, 0.1) is 0 Å². The summed E-state index contributed by atoms with van der Waals surface area (Å²) in [6, 6.07) is 10.7. The van der Waals surface area contributed by atoms with Crippen LogP contribution in [-0.2, 0) is 23.9 Å². The molecule has 0 spiro atoms. The molecule has 0 aliphatic carbocycles. The van der Waals surface area contributed by atoms with Crippen LogP contribution in [0.4, 0.5) is 26.1 Å². The Hall–Kier alpha value is -0.319. The summed E-state index contributed by atoms with van der Waals surface area (Å²) in [5.74, 6) is 0. The van der Waals surface area contributed by atoms with E-state index in [2.05, 4.69) is 0 Å². The first-order valence-corrected chi connectivity index (χ1v) is 7.68. The van der Waals surface area contributed by atoms with Crippen molar-refractivity contribution < 1.29 is 82.2 Å². The standard InChI is InChI=1S/C17H16BF6O.K/c19-17(20,21)15-9-6-14(7-10-15)12-25-16(18(22,23)24)11-8-13-4-2-1-3-5-13;/h1-7,9-10,16H,8,11-12H2;/q-1;+1. The number of hydrogen-bond donors (Lipinski definition) is 0. The minimum Gasteiger partial charge on any atom is -0.447 e. The molecule has 2 aromatic rings. The summed E-state index contributed by atoms with van der Waals surface area (Å²) in [5.41, 5.74) is 0.181. The summed E-state index contributed by atoms with van der Waals surface area (Å²) in [4.78, 5) is 0. The zero-order valence-corrected chi connectivity index (χ0v) is 17.3. The zero-order valence-electron chi connectivity index (χ0n) is 14.1. The quantitative estimate of drug-likeness (QED) is 0.513. The van der Waals surface area contributed by atoms with Crippen molar-refractivity contribution in [3.05, 3.63) is 71.3 Å². The molecule has 0 bridgehead atoms. The van der Waals surface area contributed by atoms with Gasteiger partial charge in [-0.3, -0.25) is 0 Å². The largest absolute Gasteiger partial charge is 1.00 e. The van der Waals surface area contributed by atoms with Crippen molar-refractivity contribution >= 4 is 6.98 Å². The summed E-state index contributed by atoms with van der Waals surface area (Å²) in [7, 11) is 0. The Kier molecular flexibility index (Phi) is 9.39. The van der Waals surface area contributed by atoms with E-state index in [9.17, 15) is 26.1 Å². The first kappa shape index (κ1) is 23.7. The minimum absolute atomic E-state index is 0. The van der Waals surface area contributed by atoms with E-state index >= 15 is 0 Å². The van der Waals surface area contributed by atoms with Crippen LogP contribution in [0.15, 0.2) is 54.6 Å². The van der Waals surface area contributed by atoms with Crippen molar-refractivity contribution in [1.29, 1.82) is 0 Å². The van der Waals surface area contributed by atoms with Gasteiger partial charge in [0, 0.05) is 6.00 Å². The van der Waals surface area contributed by atoms with Crippen molar-refractivity contribution in [2.24, 2.45) is 0 Å². The van der Waals surface area contributed by atoms with Crippen LogP contribution in [0.3, 0.4) is 0 Å². The van der Waals surface area contributed by atoms with E-state index in [0.29, 0.717) is 0 Å². The summed E-state index contributed by atoms with van der Waals surface area (Å²) in [6.07, 6.45) is -4.50. The monoisotopic (exact) mass is 400 g/mol. The third-order valence-electron chi connectivity index (χ3n) is 3.73. The Balaban J connectivity index is 0.00000338.